The van der Waals surface area contributed by atoms with E-state index in [1.807, 2.05) is 0 Å². The van der Waals surface area contributed by atoms with E-state index in [0.29, 0.717) is 19.7 Å². The van der Waals surface area contributed by atoms with Gasteiger partial charge in [-0.1, -0.05) is 0 Å². The normalized spacial score (nSPS) is 22.5. The second-order valence-corrected chi connectivity index (χ2v) is 6.06. The minimum atomic E-state index is -0.233. The summed E-state index contributed by atoms with van der Waals surface area (Å²) in [6, 6.07) is 3.15. The van der Waals surface area contributed by atoms with E-state index in [0.717, 1.165) is 25.7 Å². The molecule has 1 fully saturated rings. The lowest BCUT2D eigenvalue weighted by Crippen LogP contribution is -2.48. The van der Waals surface area contributed by atoms with Crippen LogP contribution in [0.4, 0.5) is 0 Å². The van der Waals surface area contributed by atoms with Crippen LogP contribution in [0.15, 0.2) is 16.5 Å². The summed E-state index contributed by atoms with van der Waals surface area (Å²) in [5.41, 5.74) is -0.233. The molecule has 5 nitrogen and oxygen atoms in total. The number of hydrogen-bond donors (Lipinski definition) is 1. The maximum atomic E-state index is 12.4. The summed E-state index contributed by atoms with van der Waals surface area (Å²) >= 11 is 5.72. The number of amides is 1. The molecular formula is C15H22ClNO4. The lowest BCUT2D eigenvalue weighted by molar-refractivity contribution is 0.0164. The second-order valence-electron chi connectivity index (χ2n) is 5.69. The zero-order valence-electron chi connectivity index (χ0n) is 12.3. The van der Waals surface area contributed by atoms with Crippen LogP contribution in [0.3, 0.4) is 0 Å². The number of carbonyl (C=O) groups excluding carboxylic acids is 1. The van der Waals surface area contributed by atoms with Crippen molar-refractivity contribution in [3.05, 3.63) is 23.1 Å². The maximum absolute atomic E-state index is 12.4. The van der Waals surface area contributed by atoms with Crippen LogP contribution in [0, 0.1) is 5.41 Å². The summed E-state index contributed by atoms with van der Waals surface area (Å²) in [7, 11) is 1.67. The van der Waals surface area contributed by atoms with Gasteiger partial charge in [-0.25, -0.2) is 0 Å². The molecule has 0 aromatic carbocycles. The number of rotatable bonds is 6. The number of aliphatic hydroxyl groups excluding tert-OH is 1. The fraction of sp³-hybridized carbons (Fsp3) is 0.667. The molecular weight excluding hydrogens is 294 g/mol. The van der Waals surface area contributed by atoms with E-state index < -0.39 is 0 Å². The lowest BCUT2D eigenvalue weighted by Gasteiger charge is -2.41. The molecule has 1 amide bonds. The molecule has 21 heavy (non-hydrogen) atoms. The van der Waals surface area contributed by atoms with Crippen LogP contribution < -0.4 is 0 Å². The SMILES string of the molecule is COCCC[C@]1(CO)CCCN(C(=O)c2ccc(Cl)o2)C1. The van der Waals surface area contributed by atoms with Gasteiger partial charge in [0.05, 0.1) is 6.61 Å². The zero-order chi connectivity index (χ0) is 15.3. The first kappa shape index (κ1) is 16.3. The van der Waals surface area contributed by atoms with Crippen molar-refractivity contribution >= 4 is 17.5 Å². The molecule has 1 aliphatic rings. The number of carbonyl (C=O) groups is 1. The first-order chi connectivity index (χ1) is 10.1. The maximum Gasteiger partial charge on any atom is 0.289 e. The van der Waals surface area contributed by atoms with Gasteiger partial charge in [-0.3, -0.25) is 4.79 Å². The Morgan fingerprint density at radius 2 is 2.38 bits per heavy atom. The smallest absolute Gasteiger partial charge is 0.289 e. The molecule has 118 valence electrons. The van der Waals surface area contributed by atoms with Gasteiger partial charge in [-0.05, 0) is 49.4 Å². The molecule has 2 rings (SSSR count). The molecule has 0 saturated carbocycles. The Kier molecular flexibility index (Phi) is 5.67. The summed E-state index contributed by atoms with van der Waals surface area (Å²) in [5, 5.41) is 10.0. The third-order valence-corrected chi connectivity index (χ3v) is 4.33. The number of methoxy groups -OCH3 is 1. The van der Waals surface area contributed by atoms with Crippen molar-refractivity contribution in [3.63, 3.8) is 0 Å². The molecule has 2 heterocycles. The Morgan fingerprint density at radius 1 is 1.57 bits per heavy atom. The Morgan fingerprint density at radius 3 is 3.00 bits per heavy atom. The van der Waals surface area contributed by atoms with Crippen LogP contribution in [-0.2, 0) is 4.74 Å². The van der Waals surface area contributed by atoms with E-state index in [9.17, 15) is 9.90 Å². The van der Waals surface area contributed by atoms with E-state index in [2.05, 4.69) is 0 Å². The predicted octanol–water partition coefficient (Wildman–Crippen LogP) is 2.57. The van der Waals surface area contributed by atoms with Crippen LogP contribution in [0.25, 0.3) is 0 Å². The lowest BCUT2D eigenvalue weighted by atomic mass is 9.77. The summed E-state index contributed by atoms with van der Waals surface area (Å²) in [5.74, 6) is 0.0943. The van der Waals surface area contributed by atoms with Gasteiger partial charge in [-0.15, -0.1) is 0 Å². The number of hydrogen-bond acceptors (Lipinski definition) is 4. The van der Waals surface area contributed by atoms with Crippen LogP contribution in [0.2, 0.25) is 5.22 Å². The Bertz CT molecular complexity index is 476. The van der Waals surface area contributed by atoms with Crippen LogP contribution in [-0.4, -0.2) is 49.3 Å². The quantitative estimate of drug-likeness (QED) is 0.820. The molecule has 1 saturated heterocycles. The molecule has 0 unspecified atom stereocenters. The molecule has 6 heteroatoms. The van der Waals surface area contributed by atoms with E-state index in [1.54, 1.807) is 24.1 Å². The largest absolute Gasteiger partial charge is 0.440 e. The third kappa shape index (κ3) is 3.99. The zero-order valence-corrected chi connectivity index (χ0v) is 13.1. The van der Waals surface area contributed by atoms with Crippen molar-refractivity contribution in [1.82, 2.24) is 4.90 Å². The van der Waals surface area contributed by atoms with Crippen LogP contribution >= 0.6 is 11.6 Å². The Labute approximate surface area is 129 Å². The molecule has 0 radical (unpaired) electrons. The van der Waals surface area contributed by atoms with E-state index in [4.69, 9.17) is 20.8 Å². The second kappa shape index (κ2) is 7.29. The number of ether oxygens (including phenoxy) is 1. The van der Waals surface area contributed by atoms with Crippen molar-refractivity contribution in [2.45, 2.75) is 25.7 Å². The van der Waals surface area contributed by atoms with E-state index in [1.165, 1.54) is 0 Å². The average molecular weight is 316 g/mol. The van der Waals surface area contributed by atoms with Crippen molar-refractivity contribution in [2.75, 3.05) is 33.4 Å². The monoisotopic (exact) mass is 315 g/mol. The molecule has 1 atom stereocenters. The number of nitrogens with zero attached hydrogens (tertiary/aromatic N) is 1. The van der Waals surface area contributed by atoms with Gasteiger partial charge in [0.25, 0.3) is 5.91 Å². The molecule has 1 aromatic heterocycles. The van der Waals surface area contributed by atoms with Gasteiger partial charge >= 0.3 is 0 Å². The fourth-order valence-corrected chi connectivity index (χ4v) is 3.12. The molecule has 1 N–H and O–H groups in total. The van der Waals surface area contributed by atoms with Gasteiger partial charge in [0.15, 0.2) is 11.0 Å². The first-order valence-corrected chi connectivity index (χ1v) is 7.62. The molecule has 0 spiro atoms. The number of likely N-dealkylation sites (tertiary alicyclic amines) is 1. The van der Waals surface area contributed by atoms with Gasteiger partial charge in [0.2, 0.25) is 0 Å². The van der Waals surface area contributed by atoms with E-state index in [-0.39, 0.29) is 28.9 Å². The van der Waals surface area contributed by atoms with Gasteiger partial charge < -0.3 is 19.2 Å². The molecule has 1 aromatic rings. The summed E-state index contributed by atoms with van der Waals surface area (Å²) in [6.45, 7) is 1.98. The standard InChI is InChI=1S/C15H22ClNO4/c1-20-9-3-7-15(11-18)6-2-8-17(10-15)14(19)12-4-5-13(16)21-12/h4-5,18H,2-3,6-11H2,1H3/t15-/m1/s1. The highest BCUT2D eigenvalue weighted by Crippen LogP contribution is 2.35. The van der Waals surface area contributed by atoms with Crippen molar-refractivity contribution in [3.8, 4) is 0 Å². The van der Waals surface area contributed by atoms with Gasteiger partial charge in [0, 0.05) is 32.2 Å². The van der Waals surface area contributed by atoms with Gasteiger partial charge in [0.1, 0.15) is 0 Å². The number of piperidine rings is 1. The topological polar surface area (TPSA) is 62.9 Å². The minimum absolute atomic E-state index is 0.0827. The van der Waals surface area contributed by atoms with Crippen molar-refractivity contribution < 1.29 is 19.1 Å². The fourth-order valence-electron chi connectivity index (χ4n) is 2.97. The number of aliphatic hydroxyl groups is 1. The Balaban J connectivity index is 2.02. The highest BCUT2D eigenvalue weighted by molar-refractivity contribution is 6.29. The predicted molar refractivity (Wildman–Crippen MR) is 79.5 cm³/mol. The molecule has 1 aliphatic heterocycles. The van der Waals surface area contributed by atoms with Crippen LogP contribution in [0.1, 0.15) is 36.2 Å². The minimum Gasteiger partial charge on any atom is -0.440 e. The summed E-state index contributed by atoms with van der Waals surface area (Å²) < 4.78 is 10.3. The Hall–Kier alpha value is -1.04. The third-order valence-electron chi connectivity index (χ3n) is 4.12. The van der Waals surface area contributed by atoms with Crippen molar-refractivity contribution in [2.24, 2.45) is 5.41 Å². The van der Waals surface area contributed by atoms with Crippen LogP contribution in [0.5, 0.6) is 0 Å². The summed E-state index contributed by atoms with van der Waals surface area (Å²) in [4.78, 5) is 14.2. The van der Waals surface area contributed by atoms with Gasteiger partial charge in [-0.2, -0.15) is 0 Å². The molecule has 0 aliphatic carbocycles. The molecule has 0 bridgehead atoms. The average Bonchev–Trinajstić information content (AvgIpc) is 2.93. The highest BCUT2D eigenvalue weighted by Gasteiger charge is 2.37. The van der Waals surface area contributed by atoms with Crippen molar-refractivity contribution in [1.29, 1.82) is 0 Å². The highest BCUT2D eigenvalue weighted by atomic mass is 35.5. The number of furan rings is 1. The summed E-state index contributed by atoms with van der Waals surface area (Å²) in [6.07, 6.45) is 3.54. The first-order valence-electron chi connectivity index (χ1n) is 7.25. The number of halogens is 1. The van der Waals surface area contributed by atoms with E-state index >= 15 is 0 Å².